The maximum atomic E-state index is 3.48. The lowest BCUT2D eigenvalue weighted by atomic mass is 10.1. The average Bonchev–Trinajstić information content (AvgIpc) is 2.92. The van der Waals surface area contributed by atoms with Gasteiger partial charge in [-0.1, -0.05) is 42.5 Å². The molecule has 2 aromatic carbocycles. The second-order valence-electron chi connectivity index (χ2n) is 4.82. The van der Waals surface area contributed by atoms with Gasteiger partial charge in [-0.15, -0.1) is 11.3 Å². The van der Waals surface area contributed by atoms with Crippen LogP contribution in [-0.2, 0) is 6.54 Å². The van der Waals surface area contributed by atoms with E-state index in [0.717, 1.165) is 12.2 Å². The van der Waals surface area contributed by atoms with Crippen LogP contribution in [0.2, 0.25) is 0 Å². The lowest BCUT2D eigenvalue weighted by Crippen LogP contribution is -1.98. The van der Waals surface area contributed by atoms with Crippen LogP contribution in [0.4, 0.5) is 5.69 Å². The van der Waals surface area contributed by atoms with E-state index in [2.05, 4.69) is 72.2 Å². The zero-order valence-corrected chi connectivity index (χ0v) is 12.3. The first-order valence-electron chi connectivity index (χ1n) is 6.75. The van der Waals surface area contributed by atoms with Crippen molar-refractivity contribution in [3.8, 4) is 11.1 Å². The molecule has 0 atom stereocenters. The predicted octanol–water partition coefficient (Wildman–Crippen LogP) is 5.34. The van der Waals surface area contributed by atoms with Crippen molar-refractivity contribution in [3.63, 3.8) is 0 Å². The maximum Gasteiger partial charge on any atom is 0.0496 e. The lowest BCUT2D eigenvalue weighted by Gasteiger charge is -2.07. The fraction of sp³-hybridized carbons (Fsp3) is 0.111. The normalized spacial score (nSPS) is 10.4. The van der Waals surface area contributed by atoms with E-state index in [1.54, 1.807) is 11.3 Å². The summed E-state index contributed by atoms with van der Waals surface area (Å²) in [4.78, 5) is 1.40. The second kappa shape index (κ2) is 5.93. The number of thiophene rings is 1. The van der Waals surface area contributed by atoms with E-state index in [4.69, 9.17) is 0 Å². The zero-order valence-electron chi connectivity index (χ0n) is 11.5. The Labute approximate surface area is 123 Å². The summed E-state index contributed by atoms with van der Waals surface area (Å²) in [6, 6.07) is 21.2. The molecule has 1 heterocycles. The van der Waals surface area contributed by atoms with Crippen LogP contribution in [0.15, 0.2) is 66.0 Å². The number of benzene rings is 2. The Hall–Kier alpha value is -2.06. The van der Waals surface area contributed by atoms with Crippen LogP contribution in [0.3, 0.4) is 0 Å². The summed E-state index contributed by atoms with van der Waals surface area (Å²) in [6.45, 7) is 3.06. The molecule has 0 aliphatic heterocycles. The van der Waals surface area contributed by atoms with E-state index in [1.807, 2.05) is 6.07 Å². The standard InChI is InChI=1S/C18H17NS/c1-14-11-12-20-18(14)13-19-17-9-7-16(8-10-17)15-5-3-2-4-6-15/h2-12,19H,13H2,1H3. The van der Waals surface area contributed by atoms with Crippen molar-refractivity contribution >= 4 is 17.0 Å². The Bertz CT molecular complexity index is 668. The minimum absolute atomic E-state index is 0.897. The molecule has 0 aliphatic carbocycles. The van der Waals surface area contributed by atoms with Gasteiger partial charge in [-0.2, -0.15) is 0 Å². The Balaban J connectivity index is 1.69. The van der Waals surface area contributed by atoms with Crippen molar-refractivity contribution in [1.29, 1.82) is 0 Å². The number of anilines is 1. The molecule has 0 amide bonds. The molecule has 0 saturated carbocycles. The first-order valence-corrected chi connectivity index (χ1v) is 7.63. The van der Waals surface area contributed by atoms with E-state index in [0.29, 0.717) is 0 Å². The molecule has 0 unspecified atom stereocenters. The monoisotopic (exact) mass is 279 g/mol. The van der Waals surface area contributed by atoms with Crippen molar-refractivity contribution in [2.45, 2.75) is 13.5 Å². The minimum atomic E-state index is 0.897. The topological polar surface area (TPSA) is 12.0 Å². The molecular formula is C18H17NS. The molecule has 1 nitrogen and oxygen atoms in total. The van der Waals surface area contributed by atoms with Gasteiger partial charge in [0, 0.05) is 17.1 Å². The highest BCUT2D eigenvalue weighted by Gasteiger charge is 2.00. The predicted molar refractivity (Wildman–Crippen MR) is 88.3 cm³/mol. The van der Waals surface area contributed by atoms with E-state index in [9.17, 15) is 0 Å². The summed E-state index contributed by atoms with van der Waals surface area (Å²) in [6.07, 6.45) is 0. The third-order valence-corrected chi connectivity index (χ3v) is 4.44. The van der Waals surface area contributed by atoms with Gasteiger partial charge < -0.3 is 5.32 Å². The molecule has 0 fully saturated rings. The Morgan fingerprint density at radius 2 is 1.55 bits per heavy atom. The minimum Gasteiger partial charge on any atom is -0.380 e. The van der Waals surface area contributed by atoms with Gasteiger partial charge in [0.2, 0.25) is 0 Å². The summed E-state index contributed by atoms with van der Waals surface area (Å²) in [5.74, 6) is 0. The molecule has 0 bridgehead atoms. The quantitative estimate of drug-likeness (QED) is 0.680. The van der Waals surface area contributed by atoms with Gasteiger partial charge in [-0.3, -0.25) is 0 Å². The third kappa shape index (κ3) is 2.91. The molecule has 2 heteroatoms. The van der Waals surface area contributed by atoms with Crippen LogP contribution in [0, 0.1) is 6.92 Å². The highest BCUT2D eigenvalue weighted by atomic mass is 32.1. The van der Waals surface area contributed by atoms with Crippen LogP contribution < -0.4 is 5.32 Å². The van der Waals surface area contributed by atoms with Gasteiger partial charge in [0.25, 0.3) is 0 Å². The largest absolute Gasteiger partial charge is 0.380 e. The van der Waals surface area contributed by atoms with Gasteiger partial charge in [-0.05, 0) is 47.2 Å². The van der Waals surface area contributed by atoms with E-state index in [1.165, 1.54) is 21.6 Å². The van der Waals surface area contributed by atoms with Gasteiger partial charge in [0.1, 0.15) is 0 Å². The highest BCUT2D eigenvalue weighted by molar-refractivity contribution is 7.10. The van der Waals surface area contributed by atoms with Crippen molar-refractivity contribution in [2.24, 2.45) is 0 Å². The smallest absolute Gasteiger partial charge is 0.0496 e. The van der Waals surface area contributed by atoms with Gasteiger partial charge >= 0.3 is 0 Å². The summed E-state index contributed by atoms with van der Waals surface area (Å²) in [7, 11) is 0. The van der Waals surface area contributed by atoms with E-state index in [-0.39, 0.29) is 0 Å². The Morgan fingerprint density at radius 3 is 2.20 bits per heavy atom. The molecule has 0 radical (unpaired) electrons. The average molecular weight is 279 g/mol. The number of nitrogens with one attached hydrogen (secondary N) is 1. The summed E-state index contributed by atoms with van der Waals surface area (Å²) < 4.78 is 0. The van der Waals surface area contributed by atoms with Gasteiger partial charge in [0.05, 0.1) is 0 Å². The van der Waals surface area contributed by atoms with E-state index < -0.39 is 0 Å². The molecule has 1 N–H and O–H groups in total. The Morgan fingerprint density at radius 1 is 0.850 bits per heavy atom. The maximum absolute atomic E-state index is 3.48. The van der Waals surface area contributed by atoms with Crippen LogP contribution in [0.5, 0.6) is 0 Å². The van der Waals surface area contributed by atoms with Crippen LogP contribution in [-0.4, -0.2) is 0 Å². The SMILES string of the molecule is Cc1ccsc1CNc1ccc(-c2ccccc2)cc1. The fourth-order valence-electron chi connectivity index (χ4n) is 2.18. The fourth-order valence-corrected chi connectivity index (χ4v) is 3.02. The van der Waals surface area contributed by atoms with Crippen molar-refractivity contribution in [1.82, 2.24) is 0 Å². The van der Waals surface area contributed by atoms with Crippen LogP contribution >= 0.6 is 11.3 Å². The first kappa shape index (κ1) is 12.9. The summed E-state index contributed by atoms with van der Waals surface area (Å²) in [5, 5.41) is 5.62. The summed E-state index contributed by atoms with van der Waals surface area (Å²) >= 11 is 1.81. The number of aryl methyl sites for hydroxylation is 1. The van der Waals surface area contributed by atoms with Gasteiger partial charge in [0.15, 0.2) is 0 Å². The molecular weight excluding hydrogens is 262 g/mol. The lowest BCUT2D eigenvalue weighted by molar-refractivity contribution is 1.17. The third-order valence-electron chi connectivity index (χ3n) is 3.41. The second-order valence-corrected chi connectivity index (χ2v) is 5.82. The zero-order chi connectivity index (χ0) is 13.8. The first-order chi connectivity index (χ1) is 9.83. The number of hydrogen-bond acceptors (Lipinski definition) is 2. The highest BCUT2D eigenvalue weighted by Crippen LogP contribution is 2.22. The molecule has 20 heavy (non-hydrogen) atoms. The molecule has 3 aromatic rings. The molecule has 0 saturated heterocycles. The van der Waals surface area contributed by atoms with Crippen molar-refractivity contribution < 1.29 is 0 Å². The molecule has 0 aliphatic rings. The van der Waals surface area contributed by atoms with Crippen molar-refractivity contribution in [3.05, 3.63) is 76.5 Å². The molecule has 3 rings (SSSR count). The number of rotatable bonds is 4. The van der Waals surface area contributed by atoms with Crippen molar-refractivity contribution in [2.75, 3.05) is 5.32 Å². The summed E-state index contributed by atoms with van der Waals surface area (Å²) in [5.41, 5.74) is 5.04. The van der Waals surface area contributed by atoms with E-state index >= 15 is 0 Å². The number of hydrogen-bond donors (Lipinski definition) is 1. The Kier molecular flexibility index (Phi) is 3.84. The van der Waals surface area contributed by atoms with Crippen LogP contribution in [0.1, 0.15) is 10.4 Å². The molecule has 1 aromatic heterocycles. The van der Waals surface area contributed by atoms with Crippen LogP contribution in [0.25, 0.3) is 11.1 Å². The molecule has 100 valence electrons. The molecule has 0 spiro atoms. The van der Waals surface area contributed by atoms with Gasteiger partial charge in [-0.25, -0.2) is 0 Å².